The predicted octanol–water partition coefficient (Wildman–Crippen LogP) is 2.51. The molecule has 0 aliphatic heterocycles. The lowest BCUT2D eigenvalue weighted by molar-refractivity contribution is 0.285. The van der Waals surface area contributed by atoms with Gasteiger partial charge in [0, 0.05) is 11.3 Å². The van der Waals surface area contributed by atoms with Crippen molar-refractivity contribution in [1.82, 2.24) is 4.98 Å². The number of amidine groups is 1. The number of aromatic nitrogens is 1. The van der Waals surface area contributed by atoms with Crippen molar-refractivity contribution in [2.75, 3.05) is 0 Å². The van der Waals surface area contributed by atoms with Gasteiger partial charge in [-0.25, -0.2) is 9.37 Å². The van der Waals surface area contributed by atoms with E-state index >= 15 is 0 Å². The summed E-state index contributed by atoms with van der Waals surface area (Å²) in [7, 11) is 0. The quantitative estimate of drug-likeness (QED) is 0.392. The highest BCUT2D eigenvalue weighted by atomic mass is 19.1. The summed E-state index contributed by atoms with van der Waals surface area (Å²) in [6.45, 7) is 3.62. The molecule has 0 saturated carbocycles. The normalized spacial score (nSPS) is 11.5. The van der Waals surface area contributed by atoms with Gasteiger partial charge in [-0.15, -0.1) is 0 Å². The zero-order valence-corrected chi connectivity index (χ0v) is 11.8. The summed E-state index contributed by atoms with van der Waals surface area (Å²) in [6.07, 6.45) is 0. The molecule has 1 aromatic carbocycles. The van der Waals surface area contributed by atoms with Crippen LogP contribution in [-0.2, 0) is 6.61 Å². The lowest BCUT2D eigenvalue weighted by atomic mass is 10.1. The second kappa shape index (κ2) is 6.21. The van der Waals surface area contributed by atoms with Crippen LogP contribution >= 0.6 is 0 Å². The van der Waals surface area contributed by atoms with Gasteiger partial charge in [-0.2, -0.15) is 0 Å². The summed E-state index contributed by atoms with van der Waals surface area (Å²) in [5.41, 5.74) is 7.95. The molecule has 3 N–H and O–H groups in total. The van der Waals surface area contributed by atoms with Crippen molar-refractivity contribution < 1.29 is 14.3 Å². The summed E-state index contributed by atoms with van der Waals surface area (Å²) in [5.74, 6) is -0.234. The van der Waals surface area contributed by atoms with Crippen molar-refractivity contribution >= 4 is 5.84 Å². The molecule has 5 nitrogen and oxygen atoms in total. The Morgan fingerprint density at radius 1 is 1.38 bits per heavy atom. The largest absolute Gasteiger partial charge is 0.472 e. The molecule has 1 heterocycles. The SMILES string of the molecule is Cc1cc(C)c(C(N)=NO)c(OCc2ccccc2F)n1. The third-order valence-corrected chi connectivity index (χ3v) is 3.00. The van der Waals surface area contributed by atoms with E-state index in [4.69, 9.17) is 15.7 Å². The van der Waals surface area contributed by atoms with Crippen LogP contribution in [0, 0.1) is 19.7 Å². The van der Waals surface area contributed by atoms with Gasteiger partial charge < -0.3 is 15.7 Å². The molecule has 0 fully saturated rings. The van der Waals surface area contributed by atoms with Crippen LogP contribution in [0.15, 0.2) is 35.5 Å². The highest BCUT2D eigenvalue weighted by molar-refractivity contribution is 6.00. The van der Waals surface area contributed by atoms with Crippen molar-refractivity contribution in [3.05, 3.63) is 58.5 Å². The molecule has 2 aromatic rings. The Morgan fingerprint density at radius 3 is 2.76 bits per heavy atom. The molecule has 0 amide bonds. The van der Waals surface area contributed by atoms with Gasteiger partial charge in [0.1, 0.15) is 12.4 Å². The van der Waals surface area contributed by atoms with Crippen LogP contribution in [0.4, 0.5) is 4.39 Å². The van der Waals surface area contributed by atoms with E-state index in [1.165, 1.54) is 6.07 Å². The summed E-state index contributed by atoms with van der Waals surface area (Å²) in [6, 6.07) is 8.11. The first kappa shape index (κ1) is 14.8. The third kappa shape index (κ3) is 3.28. The number of halogens is 1. The minimum Gasteiger partial charge on any atom is -0.472 e. The van der Waals surface area contributed by atoms with Crippen LogP contribution < -0.4 is 10.5 Å². The standard InChI is InChI=1S/C15H16FN3O2/c1-9-7-10(2)18-15(13(9)14(17)19-20)21-8-11-5-3-4-6-12(11)16/h3-7,20H,8H2,1-2H3,(H2,17,19). The highest BCUT2D eigenvalue weighted by Crippen LogP contribution is 2.22. The van der Waals surface area contributed by atoms with E-state index in [0.717, 1.165) is 11.3 Å². The summed E-state index contributed by atoms with van der Waals surface area (Å²) >= 11 is 0. The Morgan fingerprint density at radius 2 is 2.10 bits per heavy atom. The predicted molar refractivity (Wildman–Crippen MR) is 77.0 cm³/mol. The molecule has 6 heteroatoms. The molecule has 0 atom stereocenters. The smallest absolute Gasteiger partial charge is 0.225 e. The minimum atomic E-state index is -0.354. The Balaban J connectivity index is 2.33. The van der Waals surface area contributed by atoms with Crippen molar-refractivity contribution in [1.29, 1.82) is 0 Å². The molecule has 0 bridgehead atoms. The van der Waals surface area contributed by atoms with Crippen molar-refractivity contribution in [2.45, 2.75) is 20.5 Å². The van der Waals surface area contributed by atoms with E-state index < -0.39 is 0 Å². The van der Waals surface area contributed by atoms with Crippen molar-refractivity contribution in [3.8, 4) is 5.88 Å². The molecule has 2 rings (SSSR count). The number of ether oxygens (including phenoxy) is 1. The van der Waals surface area contributed by atoms with Gasteiger partial charge in [0.25, 0.3) is 0 Å². The molecule has 0 aliphatic carbocycles. The zero-order valence-electron chi connectivity index (χ0n) is 11.8. The second-order valence-electron chi connectivity index (χ2n) is 4.63. The molecule has 0 radical (unpaired) electrons. The van der Waals surface area contributed by atoms with E-state index in [-0.39, 0.29) is 24.1 Å². The Hall–Kier alpha value is -2.63. The highest BCUT2D eigenvalue weighted by Gasteiger charge is 2.15. The lowest BCUT2D eigenvalue weighted by Crippen LogP contribution is -2.18. The van der Waals surface area contributed by atoms with Gasteiger partial charge in [-0.3, -0.25) is 0 Å². The number of nitrogens with zero attached hydrogens (tertiary/aromatic N) is 2. The number of pyridine rings is 1. The van der Waals surface area contributed by atoms with E-state index in [1.807, 2.05) is 0 Å². The molecule has 21 heavy (non-hydrogen) atoms. The van der Waals surface area contributed by atoms with E-state index in [2.05, 4.69) is 10.1 Å². The monoisotopic (exact) mass is 289 g/mol. The summed E-state index contributed by atoms with van der Waals surface area (Å²) in [4.78, 5) is 4.23. The second-order valence-corrected chi connectivity index (χ2v) is 4.63. The van der Waals surface area contributed by atoms with Crippen LogP contribution in [0.25, 0.3) is 0 Å². The van der Waals surface area contributed by atoms with Gasteiger partial charge in [0.05, 0.1) is 5.56 Å². The molecular weight excluding hydrogens is 273 g/mol. The van der Waals surface area contributed by atoms with Crippen LogP contribution in [0.2, 0.25) is 0 Å². The maximum Gasteiger partial charge on any atom is 0.225 e. The Kier molecular flexibility index (Phi) is 4.37. The van der Waals surface area contributed by atoms with Crippen LogP contribution in [0.5, 0.6) is 5.88 Å². The van der Waals surface area contributed by atoms with Crippen molar-refractivity contribution in [3.63, 3.8) is 0 Å². The fourth-order valence-corrected chi connectivity index (χ4v) is 2.03. The number of hydrogen-bond donors (Lipinski definition) is 2. The fraction of sp³-hybridized carbons (Fsp3) is 0.200. The lowest BCUT2D eigenvalue weighted by Gasteiger charge is -2.13. The summed E-state index contributed by atoms with van der Waals surface area (Å²) < 4.78 is 19.2. The number of hydrogen-bond acceptors (Lipinski definition) is 4. The topological polar surface area (TPSA) is 80.7 Å². The zero-order chi connectivity index (χ0) is 15.4. The third-order valence-electron chi connectivity index (χ3n) is 3.00. The maximum atomic E-state index is 13.6. The molecule has 0 spiro atoms. The number of nitrogens with two attached hydrogens (primary N) is 1. The molecular formula is C15H16FN3O2. The molecule has 0 unspecified atom stereocenters. The minimum absolute atomic E-state index is 0.00821. The fourth-order valence-electron chi connectivity index (χ4n) is 2.03. The first-order valence-electron chi connectivity index (χ1n) is 6.35. The number of oxime groups is 1. The summed E-state index contributed by atoms with van der Waals surface area (Å²) in [5, 5.41) is 11.8. The molecule has 1 aromatic heterocycles. The van der Waals surface area contributed by atoms with Gasteiger partial charge in [0.2, 0.25) is 5.88 Å². The van der Waals surface area contributed by atoms with Crippen molar-refractivity contribution in [2.24, 2.45) is 10.9 Å². The van der Waals surface area contributed by atoms with Gasteiger partial charge in [0.15, 0.2) is 5.84 Å². The van der Waals surface area contributed by atoms with Gasteiger partial charge in [-0.05, 0) is 31.5 Å². The Bertz CT molecular complexity index is 687. The Labute approximate surface area is 121 Å². The first-order chi connectivity index (χ1) is 10.0. The maximum absolute atomic E-state index is 13.6. The number of rotatable bonds is 4. The molecule has 0 saturated heterocycles. The van der Waals surface area contributed by atoms with Crippen LogP contribution in [0.3, 0.4) is 0 Å². The van der Waals surface area contributed by atoms with Gasteiger partial charge >= 0.3 is 0 Å². The first-order valence-corrected chi connectivity index (χ1v) is 6.35. The van der Waals surface area contributed by atoms with E-state index in [9.17, 15) is 4.39 Å². The number of benzene rings is 1. The number of aryl methyl sites for hydroxylation is 2. The average Bonchev–Trinajstić information content (AvgIpc) is 2.45. The van der Waals surface area contributed by atoms with E-state index in [1.54, 1.807) is 38.1 Å². The van der Waals surface area contributed by atoms with Gasteiger partial charge in [-0.1, -0.05) is 23.4 Å². The van der Waals surface area contributed by atoms with E-state index in [0.29, 0.717) is 11.1 Å². The molecule has 110 valence electrons. The van der Waals surface area contributed by atoms with Crippen LogP contribution in [-0.4, -0.2) is 16.0 Å². The average molecular weight is 289 g/mol. The van der Waals surface area contributed by atoms with Crippen LogP contribution in [0.1, 0.15) is 22.4 Å². The molecule has 0 aliphatic rings.